The van der Waals surface area contributed by atoms with Gasteiger partial charge in [-0.3, -0.25) is 25.4 Å². The van der Waals surface area contributed by atoms with Gasteiger partial charge in [-0.1, -0.05) is 41.9 Å². The van der Waals surface area contributed by atoms with Gasteiger partial charge < -0.3 is 0 Å². The van der Waals surface area contributed by atoms with E-state index in [1.807, 2.05) is 36.4 Å². The SMILES string of the molecule is O=C(CSc1cccc2cccc(Cl)c12)NNC(=O)c1ccccn1. The fourth-order valence-electron chi connectivity index (χ4n) is 2.25. The number of amides is 2. The highest BCUT2D eigenvalue weighted by Crippen LogP contribution is 2.32. The molecule has 25 heavy (non-hydrogen) atoms. The Bertz CT molecular complexity index is 913. The van der Waals surface area contributed by atoms with Gasteiger partial charge in [-0.05, 0) is 29.7 Å². The summed E-state index contributed by atoms with van der Waals surface area (Å²) in [6.07, 6.45) is 1.51. The first-order valence-electron chi connectivity index (χ1n) is 7.45. The third-order valence-corrected chi connectivity index (χ3v) is 4.76. The summed E-state index contributed by atoms with van der Waals surface area (Å²) in [4.78, 5) is 28.6. The average molecular weight is 372 g/mol. The minimum atomic E-state index is -0.466. The Morgan fingerprint density at radius 3 is 2.56 bits per heavy atom. The van der Waals surface area contributed by atoms with E-state index in [1.165, 1.54) is 18.0 Å². The molecule has 2 aromatic carbocycles. The third-order valence-electron chi connectivity index (χ3n) is 3.39. The summed E-state index contributed by atoms with van der Waals surface area (Å²) in [7, 11) is 0. The molecule has 3 rings (SSSR count). The predicted molar refractivity (Wildman–Crippen MR) is 99.5 cm³/mol. The predicted octanol–water partition coefficient (Wildman–Crippen LogP) is 3.44. The molecule has 0 atom stereocenters. The van der Waals surface area contributed by atoms with E-state index in [0.29, 0.717) is 5.02 Å². The second kappa shape index (κ2) is 8.00. The Balaban J connectivity index is 1.59. The largest absolute Gasteiger partial charge is 0.288 e. The van der Waals surface area contributed by atoms with Crippen molar-refractivity contribution < 1.29 is 9.59 Å². The Hall–Kier alpha value is -2.57. The summed E-state index contributed by atoms with van der Waals surface area (Å²) < 4.78 is 0. The molecule has 0 aliphatic carbocycles. The van der Waals surface area contributed by atoms with Crippen molar-refractivity contribution in [2.24, 2.45) is 0 Å². The van der Waals surface area contributed by atoms with E-state index in [4.69, 9.17) is 11.6 Å². The van der Waals surface area contributed by atoms with Gasteiger partial charge >= 0.3 is 0 Å². The summed E-state index contributed by atoms with van der Waals surface area (Å²) in [6.45, 7) is 0. The van der Waals surface area contributed by atoms with E-state index in [9.17, 15) is 9.59 Å². The highest BCUT2D eigenvalue weighted by atomic mass is 35.5. The summed E-state index contributed by atoms with van der Waals surface area (Å²) in [5, 5.41) is 2.58. The molecule has 2 amide bonds. The standard InChI is InChI=1S/C18H14ClN3O2S/c19-13-7-3-5-12-6-4-9-15(17(12)13)25-11-16(23)21-22-18(24)14-8-1-2-10-20-14/h1-10H,11H2,(H,21,23)(H,22,24). The van der Waals surface area contributed by atoms with Gasteiger partial charge in [0.05, 0.1) is 5.75 Å². The summed E-state index contributed by atoms with van der Waals surface area (Å²) >= 11 is 7.63. The van der Waals surface area contributed by atoms with E-state index in [0.717, 1.165) is 15.7 Å². The molecule has 0 spiro atoms. The van der Waals surface area contributed by atoms with Gasteiger partial charge in [0.15, 0.2) is 0 Å². The Morgan fingerprint density at radius 1 is 1.00 bits per heavy atom. The molecule has 7 heteroatoms. The summed E-state index contributed by atoms with van der Waals surface area (Å²) in [5.41, 5.74) is 4.96. The summed E-state index contributed by atoms with van der Waals surface area (Å²) in [5.74, 6) is -0.641. The van der Waals surface area contributed by atoms with E-state index in [2.05, 4.69) is 15.8 Å². The van der Waals surface area contributed by atoms with Gasteiger partial charge in [-0.25, -0.2) is 0 Å². The number of rotatable bonds is 4. The lowest BCUT2D eigenvalue weighted by molar-refractivity contribution is -0.119. The molecule has 0 fully saturated rings. The number of benzene rings is 2. The Kier molecular flexibility index (Phi) is 5.53. The molecule has 3 aromatic rings. The molecular weight excluding hydrogens is 358 g/mol. The number of thioether (sulfide) groups is 1. The van der Waals surface area contributed by atoms with Gasteiger partial charge in [0.1, 0.15) is 5.69 Å². The zero-order valence-electron chi connectivity index (χ0n) is 13.0. The van der Waals surface area contributed by atoms with Crippen LogP contribution in [0, 0.1) is 0 Å². The van der Waals surface area contributed by atoms with Crippen molar-refractivity contribution in [3.63, 3.8) is 0 Å². The topological polar surface area (TPSA) is 71.1 Å². The van der Waals surface area contributed by atoms with Crippen molar-refractivity contribution >= 4 is 45.9 Å². The summed E-state index contributed by atoms with van der Waals surface area (Å²) in [6, 6.07) is 16.5. The van der Waals surface area contributed by atoms with Crippen LogP contribution in [0.3, 0.4) is 0 Å². The van der Waals surface area contributed by atoms with Crippen molar-refractivity contribution in [3.8, 4) is 0 Å². The zero-order valence-corrected chi connectivity index (χ0v) is 14.6. The van der Waals surface area contributed by atoms with E-state index in [1.54, 1.807) is 18.2 Å². The number of nitrogens with zero attached hydrogens (tertiary/aromatic N) is 1. The fourth-order valence-corrected chi connectivity index (χ4v) is 3.49. The maximum Gasteiger partial charge on any atom is 0.288 e. The number of carbonyl (C=O) groups is 2. The maximum absolute atomic E-state index is 12.0. The van der Waals surface area contributed by atoms with Gasteiger partial charge in [-0.2, -0.15) is 0 Å². The second-order valence-electron chi connectivity index (χ2n) is 5.10. The van der Waals surface area contributed by atoms with Crippen LogP contribution in [0.1, 0.15) is 10.5 Å². The van der Waals surface area contributed by atoms with Crippen LogP contribution in [-0.2, 0) is 4.79 Å². The molecule has 0 saturated heterocycles. The van der Waals surface area contributed by atoms with Gasteiger partial charge in [0.2, 0.25) is 5.91 Å². The zero-order chi connectivity index (χ0) is 17.6. The number of aromatic nitrogens is 1. The normalized spacial score (nSPS) is 10.4. The molecule has 5 nitrogen and oxygen atoms in total. The Labute approximate surface area is 153 Å². The molecule has 0 aliphatic rings. The second-order valence-corrected chi connectivity index (χ2v) is 6.52. The molecule has 126 valence electrons. The van der Waals surface area contributed by atoms with Crippen molar-refractivity contribution in [2.45, 2.75) is 4.90 Å². The van der Waals surface area contributed by atoms with Crippen molar-refractivity contribution in [3.05, 3.63) is 71.5 Å². The van der Waals surface area contributed by atoms with Crippen LogP contribution in [0.15, 0.2) is 65.7 Å². The van der Waals surface area contributed by atoms with Gasteiger partial charge in [0.25, 0.3) is 5.91 Å². The lowest BCUT2D eigenvalue weighted by Gasteiger charge is -2.09. The number of hydrazine groups is 1. The molecular formula is C18H14ClN3O2S. The third kappa shape index (κ3) is 4.29. The van der Waals surface area contributed by atoms with Crippen molar-refractivity contribution in [1.29, 1.82) is 0 Å². The monoisotopic (exact) mass is 371 g/mol. The number of carbonyl (C=O) groups excluding carboxylic acids is 2. The quantitative estimate of drug-likeness (QED) is 0.544. The number of nitrogens with one attached hydrogen (secondary N) is 2. The highest BCUT2D eigenvalue weighted by molar-refractivity contribution is 8.00. The number of halogens is 1. The molecule has 0 bridgehead atoms. The van der Waals surface area contributed by atoms with Crippen LogP contribution in [0.25, 0.3) is 10.8 Å². The molecule has 0 radical (unpaired) electrons. The van der Waals surface area contributed by atoms with Crippen molar-refractivity contribution in [1.82, 2.24) is 15.8 Å². The van der Waals surface area contributed by atoms with Crippen LogP contribution in [0.4, 0.5) is 0 Å². The fraction of sp³-hybridized carbons (Fsp3) is 0.0556. The molecule has 2 N–H and O–H groups in total. The van der Waals surface area contributed by atoms with E-state index >= 15 is 0 Å². The van der Waals surface area contributed by atoms with E-state index in [-0.39, 0.29) is 17.4 Å². The minimum Gasteiger partial charge on any atom is -0.272 e. The number of hydrogen-bond donors (Lipinski definition) is 2. The van der Waals surface area contributed by atoms with Gasteiger partial charge in [-0.15, -0.1) is 11.8 Å². The van der Waals surface area contributed by atoms with Crippen LogP contribution in [0.5, 0.6) is 0 Å². The first-order chi connectivity index (χ1) is 12.1. The number of hydrogen-bond acceptors (Lipinski definition) is 4. The number of fused-ring (bicyclic) bond motifs is 1. The smallest absolute Gasteiger partial charge is 0.272 e. The molecule has 0 unspecified atom stereocenters. The van der Waals surface area contributed by atoms with E-state index < -0.39 is 5.91 Å². The average Bonchev–Trinajstić information content (AvgIpc) is 2.65. The lowest BCUT2D eigenvalue weighted by Crippen LogP contribution is -2.42. The van der Waals surface area contributed by atoms with Crippen LogP contribution >= 0.6 is 23.4 Å². The van der Waals surface area contributed by atoms with Crippen LogP contribution < -0.4 is 10.9 Å². The molecule has 0 aliphatic heterocycles. The first-order valence-corrected chi connectivity index (χ1v) is 8.82. The van der Waals surface area contributed by atoms with Gasteiger partial charge in [0, 0.05) is 21.5 Å². The molecule has 1 aromatic heterocycles. The molecule has 0 saturated carbocycles. The molecule has 1 heterocycles. The number of pyridine rings is 1. The lowest BCUT2D eigenvalue weighted by atomic mass is 10.1. The first kappa shape index (κ1) is 17.3. The minimum absolute atomic E-state index is 0.146. The van der Waals surface area contributed by atoms with Crippen LogP contribution in [-0.4, -0.2) is 22.6 Å². The maximum atomic E-state index is 12.0. The highest BCUT2D eigenvalue weighted by Gasteiger charge is 2.10. The Morgan fingerprint density at radius 2 is 1.80 bits per heavy atom. The van der Waals surface area contributed by atoms with Crippen LogP contribution in [0.2, 0.25) is 5.02 Å². The van der Waals surface area contributed by atoms with Crippen molar-refractivity contribution in [2.75, 3.05) is 5.75 Å².